The Kier molecular flexibility index (Phi) is 3.12. The second kappa shape index (κ2) is 4.70. The van der Waals surface area contributed by atoms with Crippen LogP contribution in [0.1, 0.15) is 34.3 Å². The molecule has 1 N–H and O–H groups in total. The van der Waals surface area contributed by atoms with Crippen LogP contribution in [0.5, 0.6) is 0 Å². The summed E-state index contributed by atoms with van der Waals surface area (Å²) < 4.78 is 0.876. The van der Waals surface area contributed by atoms with Crippen LogP contribution in [0.3, 0.4) is 0 Å². The summed E-state index contributed by atoms with van der Waals surface area (Å²) in [7, 11) is 0. The van der Waals surface area contributed by atoms with Crippen molar-refractivity contribution in [3.8, 4) is 0 Å². The molecule has 104 valence electrons. The van der Waals surface area contributed by atoms with Crippen molar-refractivity contribution >= 4 is 33.7 Å². The fourth-order valence-electron chi connectivity index (χ4n) is 2.81. The lowest BCUT2D eigenvalue weighted by Crippen LogP contribution is -2.52. The maximum atomic E-state index is 12.5. The first kappa shape index (κ1) is 13.3. The summed E-state index contributed by atoms with van der Waals surface area (Å²) in [4.78, 5) is 37.2. The highest BCUT2D eigenvalue weighted by atomic mass is 79.9. The Morgan fingerprint density at radius 2 is 2.05 bits per heavy atom. The van der Waals surface area contributed by atoms with Gasteiger partial charge in [0.2, 0.25) is 11.8 Å². The van der Waals surface area contributed by atoms with Crippen molar-refractivity contribution in [2.45, 2.75) is 32.4 Å². The third-order valence-electron chi connectivity index (χ3n) is 3.85. The van der Waals surface area contributed by atoms with E-state index in [0.29, 0.717) is 18.5 Å². The first-order chi connectivity index (χ1) is 9.49. The standard InChI is InChI=1S/C14H13BrN2O3/c1-7-2-3-9(15)8-6-17(14(20)12(7)8)10-4-5-11(18)16-13(10)19/h2-3,10H,4-6H2,1H3,(H,16,18,19). The average Bonchev–Trinajstić information content (AvgIpc) is 2.73. The molecule has 6 heteroatoms. The Morgan fingerprint density at radius 1 is 1.30 bits per heavy atom. The molecular weight excluding hydrogens is 324 g/mol. The molecule has 2 aliphatic rings. The number of amides is 3. The molecule has 0 saturated carbocycles. The molecule has 1 saturated heterocycles. The molecule has 1 unspecified atom stereocenters. The zero-order valence-corrected chi connectivity index (χ0v) is 12.5. The molecule has 0 aliphatic carbocycles. The van der Waals surface area contributed by atoms with Gasteiger partial charge in [0.15, 0.2) is 0 Å². The minimum atomic E-state index is -0.557. The first-order valence-corrected chi connectivity index (χ1v) is 7.21. The monoisotopic (exact) mass is 336 g/mol. The van der Waals surface area contributed by atoms with Crippen LogP contribution < -0.4 is 5.32 Å². The Morgan fingerprint density at radius 3 is 2.70 bits per heavy atom. The topological polar surface area (TPSA) is 66.5 Å². The van der Waals surface area contributed by atoms with E-state index in [1.54, 1.807) is 4.90 Å². The maximum absolute atomic E-state index is 12.5. The molecular formula is C14H13BrN2O3. The molecule has 0 radical (unpaired) electrons. The second-order valence-electron chi connectivity index (χ2n) is 5.12. The summed E-state index contributed by atoms with van der Waals surface area (Å²) in [5.41, 5.74) is 2.49. The summed E-state index contributed by atoms with van der Waals surface area (Å²) in [6.45, 7) is 2.29. The van der Waals surface area contributed by atoms with Crippen molar-refractivity contribution in [1.82, 2.24) is 10.2 Å². The van der Waals surface area contributed by atoms with E-state index < -0.39 is 6.04 Å². The lowest BCUT2D eigenvalue weighted by molar-refractivity contribution is -0.136. The van der Waals surface area contributed by atoms with Gasteiger partial charge in [-0.25, -0.2) is 0 Å². The van der Waals surface area contributed by atoms with Gasteiger partial charge >= 0.3 is 0 Å². The van der Waals surface area contributed by atoms with Gasteiger partial charge in [-0.1, -0.05) is 22.0 Å². The van der Waals surface area contributed by atoms with Gasteiger partial charge in [-0.05, 0) is 30.5 Å². The number of rotatable bonds is 1. The number of carbonyl (C=O) groups is 3. The number of aryl methyl sites for hydroxylation is 1. The number of hydrogen-bond acceptors (Lipinski definition) is 3. The van der Waals surface area contributed by atoms with Crippen molar-refractivity contribution in [3.05, 3.63) is 33.3 Å². The van der Waals surface area contributed by atoms with E-state index in [1.165, 1.54) is 0 Å². The molecule has 5 nitrogen and oxygen atoms in total. The zero-order valence-electron chi connectivity index (χ0n) is 10.9. The van der Waals surface area contributed by atoms with Crippen molar-refractivity contribution in [2.24, 2.45) is 0 Å². The smallest absolute Gasteiger partial charge is 0.255 e. The van der Waals surface area contributed by atoms with Crippen LogP contribution in [0.4, 0.5) is 0 Å². The van der Waals surface area contributed by atoms with Crippen molar-refractivity contribution < 1.29 is 14.4 Å². The van der Waals surface area contributed by atoms with Gasteiger partial charge < -0.3 is 4.90 Å². The van der Waals surface area contributed by atoms with Gasteiger partial charge in [0.25, 0.3) is 5.91 Å². The van der Waals surface area contributed by atoms with Crippen LogP contribution in [-0.4, -0.2) is 28.7 Å². The Hall–Kier alpha value is -1.69. The number of halogens is 1. The number of imide groups is 1. The van der Waals surface area contributed by atoms with E-state index in [2.05, 4.69) is 21.2 Å². The number of benzene rings is 1. The summed E-state index contributed by atoms with van der Waals surface area (Å²) in [5.74, 6) is -0.780. The molecule has 1 aromatic rings. The van der Waals surface area contributed by atoms with Crippen LogP contribution >= 0.6 is 15.9 Å². The lowest BCUT2D eigenvalue weighted by Gasteiger charge is -2.29. The van der Waals surface area contributed by atoms with Gasteiger partial charge in [-0.3, -0.25) is 19.7 Å². The van der Waals surface area contributed by atoms with Crippen LogP contribution in [0.15, 0.2) is 16.6 Å². The van der Waals surface area contributed by atoms with Gasteiger partial charge in [0.1, 0.15) is 6.04 Å². The highest BCUT2D eigenvalue weighted by molar-refractivity contribution is 9.10. The van der Waals surface area contributed by atoms with E-state index >= 15 is 0 Å². The number of carbonyl (C=O) groups excluding carboxylic acids is 3. The minimum Gasteiger partial charge on any atom is -0.322 e. The molecule has 3 amide bonds. The van der Waals surface area contributed by atoms with Crippen LogP contribution in [-0.2, 0) is 16.1 Å². The van der Waals surface area contributed by atoms with Crippen LogP contribution in [0.25, 0.3) is 0 Å². The SMILES string of the molecule is Cc1ccc(Br)c2c1C(=O)N(C1CCC(=O)NC1=O)C2. The molecule has 1 aromatic carbocycles. The minimum absolute atomic E-state index is 0.131. The van der Waals surface area contributed by atoms with E-state index in [0.717, 1.165) is 15.6 Å². The predicted octanol–water partition coefficient (Wildman–Crippen LogP) is 1.52. The highest BCUT2D eigenvalue weighted by Gasteiger charge is 2.40. The number of nitrogens with one attached hydrogen (secondary N) is 1. The largest absolute Gasteiger partial charge is 0.322 e. The van der Waals surface area contributed by atoms with Gasteiger partial charge in [-0.2, -0.15) is 0 Å². The number of nitrogens with zero attached hydrogens (tertiary/aromatic N) is 1. The van der Waals surface area contributed by atoms with E-state index in [9.17, 15) is 14.4 Å². The average molecular weight is 337 g/mol. The molecule has 0 spiro atoms. The van der Waals surface area contributed by atoms with E-state index in [4.69, 9.17) is 0 Å². The van der Waals surface area contributed by atoms with Crippen LogP contribution in [0, 0.1) is 6.92 Å². The summed E-state index contributed by atoms with van der Waals surface area (Å²) >= 11 is 3.45. The zero-order chi connectivity index (χ0) is 14.4. The summed E-state index contributed by atoms with van der Waals surface area (Å²) in [5, 5.41) is 2.30. The molecule has 0 aromatic heterocycles. The Bertz CT molecular complexity index is 642. The van der Waals surface area contributed by atoms with E-state index in [-0.39, 0.29) is 24.1 Å². The number of piperidine rings is 1. The first-order valence-electron chi connectivity index (χ1n) is 6.41. The number of hydrogen-bond donors (Lipinski definition) is 1. The molecule has 1 fully saturated rings. The third-order valence-corrected chi connectivity index (χ3v) is 4.60. The Balaban J connectivity index is 1.94. The number of fused-ring (bicyclic) bond motifs is 1. The predicted molar refractivity (Wildman–Crippen MR) is 74.9 cm³/mol. The molecule has 0 bridgehead atoms. The van der Waals surface area contributed by atoms with Gasteiger partial charge in [-0.15, -0.1) is 0 Å². The maximum Gasteiger partial charge on any atom is 0.255 e. The molecule has 1 atom stereocenters. The van der Waals surface area contributed by atoms with Crippen molar-refractivity contribution in [2.75, 3.05) is 0 Å². The highest BCUT2D eigenvalue weighted by Crippen LogP contribution is 2.34. The molecule has 2 aliphatic heterocycles. The second-order valence-corrected chi connectivity index (χ2v) is 5.97. The molecule has 2 heterocycles. The van der Waals surface area contributed by atoms with Crippen molar-refractivity contribution in [1.29, 1.82) is 0 Å². The summed E-state index contributed by atoms with van der Waals surface area (Å²) in [6.07, 6.45) is 0.664. The van der Waals surface area contributed by atoms with Gasteiger partial charge in [0, 0.05) is 23.0 Å². The molecule has 3 rings (SSSR count). The quantitative estimate of drug-likeness (QED) is 0.790. The van der Waals surface area contributed by atoms with E-state index in [1.807, 2.05) is 19.1 Å². The van der Waals surface area contributed by atoms with Crippen molar-refractivity contribution in [3.63, 3.8) is 0 Å². The fourth-order valence-corrected chi connectivity index (χ4v) is 3.26. The summed E-state index contributed by atoms with van der Waals surface area (Å²) in [6, 6.07) is 3.24. The van der Waals surface area contributed by atoms with Crippen LogP contribution in [0.2, 0.25) is 0 Å². The fraction of sp³-hybridized carbons (Fsp3) is 0.357. The normalized spacial score (nSPS) is 22.0. The lowest BCUT2D eigenvalue weighted by atomic mass is 10.0. The Labute approximate surface area is 124 Å². The third kappa shape index (κ3) is 1.95. The molecule has 20 heavy (non-hydrogen) atoms. The van der Waals surface area contributed by atoms with Gasteiger partial charge in [0.05, 0.1) is 0 Å².